The average Bonchev–Trinajstić information content (AvgIpc) is 3.01. The SMILES string of the molecule is CC(C(=O)NC(C)(C)C)n1cncc1CNC1CC1. The van der Waals surface area contributed by atoms with E-state index in [9.17, 15) is 4.79 Å². The van der Waals surface area contributed by atoms with Gasteiger partial charge in [-0.25, -0.2) is 4.98 Å². The maximum atomic E-state index is 12.2. The molecular formula is C14H24N4O. The Hall–Kier alpha value is -1.36. The van der Waals surface area contributed by atoms with Crippen LogP contribution in [0.25, 0.3) is 0 Å². The molecule has 2 rings (SSSR count). The van der Waals surface area contributed by atoms with Gasteiger partial charge in [-0.05, 0) is 40.5 Å². The molecule has 1 aromatic rings. The summed E-state index contributed by atoms with van der Waals surface area (Å²) in [5, 5.41) is 6.45. The molecule has 1 aliphatic carbocycles. The van der Waals surface area contributed by atoms with Crippen molar-refractivity contribution in [2.75, 3.05) is 0 Å². The van der Waals surface area contributed by atoms with Gasteiger partial charge in [-0.15, -0.1) is 0 Å². The van der Waals surface area contributed by atoms with Gasteiger partial charge in [0.15, 0.2) is 0 Å². The highest BCUT2D eigenvalue weighted by molar-refractivity contribution is 5.80. The molecule has 1 unspecified atom stereocenters. The zero-order chi connectivity index (χ0) is 14.0. The summed E-state index contributed by atoms with van der Waals surface area (Å²) in [6.45, 7) is 8.64. The minimum absolute atomic E-state index is 0.0261. The van der Waals surface area contributed by atoms with Crippen LogP contribution in [-0.2, 0) is 11.3 Å². The van der Waals surface area contributed by atoms with E-state index < -0.39 is 0 Å². The molecule has 0 saturated heterocycles. The summed E-state index contributed by atoms with van der Waals surface area (Å²) in [7, 11) is 0. The zero-order valence-corrected chi connectivity index (χ0v) is 12.2. The average molecular weight is 264 g/mol. The van der Waals surface area contributed by atoms with E-state index >= 15 is 0 Å². The number of hydrogen-bond donors (Lipinski definition) is 2. The van der Waals surface area contributed by atoms with Crippen LogP contribution in [0.15, 0.2) is 12.5 Å². The summed E-state index contributed by atoms with van der Waals surface area (Å²) in [6, 6.07) is 0.416. The molecule has 0 spiro atoms. The van der Waals surface area contributed by atoms with Crippen molar-refractivity contribution < 1.29 is 4.79 Å². The standard InChI is InChI=1S/C14H24N4O/c1-10(13(19)17-14(2,3)4)18-9-15-7-12(18)8-16-11-5-6-11/h7,9-11,16H,5-6,8H2,1-4H3,(H,17,19). The molecule has 0 aromatic carbocycles. The van der Waals surface area contributed by atoms with Crippen molar-refractivity contribution in [3.63, 3.8) is 0 Å². The van der Waals surface area contributed by atoms with Crippen LogP contribution in [0, 0.1) is 0 Å². The molecule has 106 valence electrons. The van der Waals surface area contributed by atoms with E-state index in [1.54, 1.807) is 6.33 Å². The lowest BCUT2D eigenvalue weighted by Gasteiger charge is -2.24. The molecule has 1 fully saturated rings. The Bertz CT molecular complexity index is 443. The number of amides is 1. The molecule has 1 heterocycles. The lowest BCUT2D eigenvalue weighted by molar-refractivity contribution is -0.125. The van der Waals surface area contributed by atoms with Crippen molar-refractivity contribution in [2.45, 2.75) is 64.7 Å². The van der Waals surface area contributed by atoms with Crippen LogP contribution in [0.1, 0.15) is 52.3 Å². The third-order valence-electron chi connectivity index (χ3n) is 3.19. The van der Waals surface area contributed by atoms with Gasteiger partial charge in [-0.3, -0.25) is 4.79 Å². The zero-order valence-electron chi connectivity index (χ0n) is 12.2. The van der Waals surface area contributed by atoms with E-state index in [1.807, 2.05) is 38.5 Å². The minimum atomic E-state index is -0.238. The van der Waals surface area contributed by atoms with Gasteiger partial charge in [-0.2, -0.15) is 0 Å². The number of nitrogens with one attached hydrogen (secondary N) is 2. The Morgan fingerprint density at radius 3 is 2.79 bits per heavy atom. The van der Waals surface area contributed by atoms with Crippen molar-refractivity contribution in [3.8, 4) is 0 Å². The van der Waals surface area contributed by atoms with Gasteiger partial charge in [0, 0.05) is 24.3 Å². The number of nitrogens with zero attached hydrogens (tertiary/aromatic N) is 2. The van der Waals surface area contributed by atoms with Crippen LogP contribution in [0.2, 0.25) is 0 Å². The first-order chi connectivity index (χ1) is 8.87. The van der Waals surface area contributed by atoms with Gasteiger partial charge in [0.05, 0.1) is 12.0 Å². The molecule has 5 nitrogen and oxygen atoms in total. The third kappa shape index (κ3) is 4.06. The normalized spacial score (nSPS) is 17.3. The Kier molecular flexibility index (Phi) is 3.94. The first-order valence-corrected chi connectivity index (χ1v) is 6.93. The topological polar surface area (TPSA) is 59.0 Å². The highest BCUT2D eigenvalue weighted by Crippen LogP contribution is 2.20. The fourth-order valence-corrected chi connectivity index (χ4v) is 1.95. The second-order valence-corrected chi connectivity index (χ2v) is 6.36. The van der Waals surface area contributed by atoms with Gasteiger partial charge < -0.3 is 15.2 Å². The van der Waals surface area contributed by atoms with E-state index in [-0.39, 0.29) is 17.5 Å². The van der Waals surface area contributed by atoms with Crippen LogP contribution in [0.4, 0.5) is 0 Å². The van der Waals surface area contributed by atoms with Gasteiger partial charge in [0.1, 0.15) is 6.04 Å². The molecule has 0 bridgehead atoms. The maximum Gasteiger partial charge on any atom is 0.243 e. The van der Waals surface area contributed by atoms with Gasteiger partial charge in [-0.1, -0.05) is 0 Å². The molecular weight excluding hydrogens is 240 g/mol. The number of aromatic nitrogens is 2. The number of carbonyl (C=O) groups is 1. The van der Waals surface area contributed by atoms with E-state index in [2.05, 4.69) is 15.6 Å². The Morgan fingerprint density at radius 1 is 1.53 bits per heavy atom. The van der Waals surface area contributed by atoms with Crippen LogP contribution < -0.4 is 10.6 Å². The fraction of sp³-hybridized carbons (Fsp3) is 0.714. The van der Waals surface area contributed by atoms with E-state index in [0.29, 0.717) is 6.04 Å². The molecule has 1 saturated carbocycles. The van der Waals surface area contributed by atoms with Crippen molar-refractivity contribution in [2.24, 2.45) is 0 Å². The summed E-state index contributed by atoms with van der Waals surface area (Å²) < 4.78 is 1.94. The van der Waals surface area contributed by atoms with Crippen molar-refractivity contribution in [1.82, 2.24) is 20.2 Å². The summed E-state index contributed by atoms with van der Waals surface area (Å²) in [5.74, 6) is 0.0261. The number of hydrogen-bond acceptors (Lipinski definition) is 3. The predicted octanol–water partition coefficient (Wildman–Crippen LogP) is 1.61. The highest BCUT2D eigenvalue weighted by atomic mass is 16.2. The Morgan fingerprint density at radius 2 is 2.21 bits per heavy atom. The highest BCUT2D eigenvalue weighted by Gasteiger charge is 2.24. The van der Waals surface area contributed by atoms with Crippen LogP contribution in [-0.4, -0.2) is 27.0 Å². The molecule has 1 aromatic heterocycles. The number of carbonyl (C=O) groups excluding carboxylic acids is 1. The minimum Gasteiger partial charge on any atom is -0.350 e. The number of imidazole rings is 1. The van der Waals surface area contributed by atoms with Gasteiger partial charge in [0.25, 0.3) is 0 Å². The second-order valence-electron chi connectivity index (χ2n) is 6.36. The fourth-order valence-electron chi connectivity index (χ4n) is 1.95. The maximum absolute atomic E-state index is 12.2. The van der Waals surface area contributed by atoms with Crippen molar-refractivity contribution in [3.05, 3.63) is 18.2 Å². The molecule has 19 heavy (non-hydrogen) atoms. The molecule has 0 aliphatic heterocycles. The van der Waals surface area contributed by atoms with Crippen LogP contribution in [0.3, 0.4) is 0 Å². The first kappa shape index (κ1) is 14.1. The number of rotatable bonds is 5. The van der Waals surface area contributed by atoms with E-state index in [0.717, 1.165) is 12.2 Å². The molecule has 2 N–H and O–H groups in total. The van der Waals surface area contributed by atoms with Crippen molar-refractivity contribution in [1.29, 1.82) is 0 Å². The molecule has 1 aliphatic rings. The third-order valence-corrected chi connectivity index (χ3v) is 3.19. The summed E-state index contributed by atoms with van der Waals surface area (Å²) in [4.78, 5) is 16.3. The van der Waals surface area contributed by atoms with E-state index in [4.69, 9.17) is 0 Å². The summed E-state index contributed by atoms with van der Waals surface area (Å²) in [6.07, 6.45) is 6.08. The van der Waals surface area contributed by atoms with Crippen LogP contribution >= 0.6 is 0 Å². The van der Waals surface area contributed by atoms with Gasteiger partial charge >= 0.3 is 0 Å². The van der Waals surface area contributed by atoms with Crippen molar-refractivity contribution >= 4 is 5.91 Å². The molecule has 0 radical (unpaired) electrons. The summed E-state index contributed by atoms with van der Waals surface area (Å²) >= 11 is 0. The lowest BCUT2D eigenvalue weighted by atomic mass is 10.1. The lowest BCUT2D eigenvalue weighted by Crippen LogP contribution is -2.44. The predicted molar refractivity (Wildman–Crippen MR) is 74.7 cm³/mol. The first-order valence-electron chi connectivity index (χ1n) is 6.93. The largest absolute Gasteiger partial charge is 0.350 e. The van der Waals surface area contributed by atoms with Crippen LogP contribution in [0.5, 0.6) is 0 Å². The Balaban J connectivity index is 1.99. The second kappa shape index (κ2) is 5.33. The Labute approximate surface area is 114 Å². The van der Waals surface area contributed by atoms with E-state index in [1.165, 1.54) is 12.8 Å². The van der Waals surface area contributed by atoms with Gasteiger partial charge in [0.2, 0.25) is 5.91 Å². The molecule has 5 heteroatoms. The summed E-state index contributed by atoms with van der Waals surface area (Å²) in [5.41, 5.74) is 0.849. The molecule has 1 atom stereocenters. The smallest absolute Gasteiger partial charge is 0.243 e. The molecule has 1 amide bonds. The monoisotopic (exact) mass is 264 g/mol. The quantitative estimate of drug-likeness (QED) is 0.849.